The molecule has 0 aliphatic carbocycles. The van der Waals surface area contributed by atoms with E-state index in [1.807, 2.05) is 22.7 Å². The highest BCUT2D eigenvalue weighted by atomic mass is 16.5. The number of carbonyl (C=O) groups is 2. The van der Waals surface area contributed by atoms with Crippen molar-refractivity contribution in [3.8, 4) is 0 Å². The van der Waals surface area contributed by atoms with Gasteiger partial charge < -0.3 is 19.2 Å². The van der Waals surface area contributed by atoms with Crippen molar-refractivity contribution in [3.63, 3.8) is 0 Å². The van der Waals surface area contributed by atoms with Crippen LogP contribution in [-0.2, 0) is 19.1 Å². The first-order valence-electron chi connectivity index (χ1n) is 8.92. The molecular weight excluding hydrogens is 346 g/mol. The predicted molar refractivity (Wildman–Crippen MR) is 99.7 cm³/mol. The van der Waals surface area contributed by atoms with E-state index >= 15 is 0 Å². The molecule has 27 heavy (non-hydrogen) atoms. The van der Waals surface area contributed by atoms with Crippen LogP contribution < -0.4 is 5.32 Å². The minimum Gasteiger partial charge on any atom is -0.463 e. The minimum absolute atomic E-state index is 0.247. The van der Waals surface area contributed by atoms with Gasteiger partial charge in [-0.15, -0.1) is 0 Å². The van der Waals surface area contributed by atoms with E-state index in [0.717, 1.165) is 11.1 Å². The summed E-state index contributed by atoms with van der Waals surface area (Å²) in [6, 6.07) is 3.76. The number of allylic oxidation sites excluding steroid dienone is 2. The molecule has 1 aliphatic heterocycles. The summed E-state index contributed by atoms with van der Waals surface area (Å²) >= 11 is 0. The van der Waals surface area contributed by atoms with Crippen molar-refractivity contribution >= 4 is 17.5 Å². The van der Waals surface area contributed by atoms with Crippen molar-refractivity contribution in [2.24, 2.45) is 0 Å². The number of imidazole rings is 1. The molecular formula is C20H23N3O4. The van der Waals surface area contributed by atoms with Crippen LogP contribution in [-0.4, -0.2) is 34.5 Å². The molecule has 0 spiro atoms. The Bertz CT molecular complexity index is 915. The Morgan fingerprint density at radius 1 is 1.11 bits per heavy atom. The lowest BCUT2D eigenvalue weighted by Crippen LogP contribution is -2.32. The SMILES string of the molecule is CCOC(=O)C1=C(C)NC(C)=C(C(=O)OCC)C1c1cccn2cncc12. The number of ether oxygens (including phenoxy) is 2. The lowest BCUT2D eigenvalue weighted by Gasteiger charge is -2.30. The molecule has 1 N–H and O–H groups in total. The molecule has 0 saturated carbocycles. The molecule has 2 aromatic rings. The summed E-state index contributed by atoms with van der Waals surface area (Å²) in [4.78, 5) is 29.8. The highest BCUT2D eigenvalue weighted by Gasteiger charge is 2.38. The molecule has 0 fully saturated rings. The predicted octanol–water partition coefficient (Wildman–Crippen LogP) is 2.70. The summed E-state index contributed by atoms with van der Waals surface area (Å²) in [6.45, 7) is 7.61. The van der Waals surface area contributed by atoms with E-state index in [1.165, 1.54) is 0 Å². The third kappa shape index (κ3) is 3.32. The van der Waals surface area contributed by atoms with Crippen LogP contribution in [0.5, 0.6) is 0 Å². The van der Waals surface area contributed by atoms with Crippen LogP contribution in [0, 0.1) is 0 Å². The van der Waals surface area contributed by atoms with E-state index in [4.69, 9.17) is 9.47 Å². The average Bonchev–Trinajstić information content (AvgIpc) is 3.10. The van der Waals surface area contributed by atoms with Crippen LogP contribution >= 0.6 is 0 Å². The second-order valence-corrected chi connectivity index (χ2v) is 6.23. The molecule has 2 aromatic heterocycles. The quantitative estimate of drug-likeness (QED) is 0.816. The molecule has 0 saturated heterocycles. The zero-order valence-corrected chi connectivity index (χ0v) is 15.9. The standard InChI is InChI=1S/C20H23N3O4/c1-5-26-19(24)16-12(3)22-13(4)17(20(25)27-6-2)18(16)14-8-7-9-23-11-21-10-15(14)23/h7-11,18,22H,5-6H2,1-4H3. The van der Waals surface area contributed by atoms with Gasteiger partial charge in [-0.05, 0) is 39.3 Å². The summed E-state index contributed by atoms with van der Waals surface area (Å²) < 4.78 is 12.4. The van der Waals surface area contributed by atoms with Crippen LogP contribution in [0.15, 0.2) is 53.4 Å². The molecule has 0 aromatic carbocycles. The molecule has 1 aliphatic rings. The Labute approximate surface area is 157 Å². The maximum atomic E-state index is 12.8. The van der Waals surface area contributed by atoms with Crippen LogP contribution in [0.2, 0.25) is 0 Å². The van der Waals surface area contributed by atoms with Gasteiger partial charge in [-0.2, -0.15) is 0 Å². The zero-order chi connectivity index (χ0) is 19.6. The van der Waals surface area contributed by atoms with Gasteiger partial charge in [-0.3, -0.25) is 0 Å². The summed E-state index contributed by atoms with van der Waals surface area (Å²) in [5.41, 5.74) is 3.73. The Morgan fingerprint density at radius 2 is 1.70 bits per heavy atom. The van der Waals surface area contributed by atoms with E-state index < -0.39 is 17.9 Å². The van der Waals surface area contributed by atoms with E-state index in [9.17, 15) is 9.59 Å². The van der Waals surface area contributed by atoms with E-state index in [2.05, 4.69) is 10.3 Å². The molecule has 142 valence electrons. The van der Waals surface area contributed by atoms with Crippen molar-refractivity contribution in [1.82, 2.24) is 14.7 Å². The fourth-order valence-electron chi connectivity index (χ4n) is 3.48. The maximum absolute atomic E-state index is 12.8. The number of aromatic nitrogens is 2. The second-order valence-electron chi connectivity index (χ2n) is 6.23. The molecule has 3 rings (SSSR count). The van der Waals surface area contributed by atoms with Crippen molar-refractivity contribution < 1.29 is 19.1 Å². The van der Waals surface area contributed by atoms with E-state index in [1.54, 1.807) is 40.2 Å². The molecule has 7 nitrogen and oxygen atoms in total. The first-order chi connectivity index (χ1) is 13.0. The molecule has 0 unspecified atom stereocenters. The Kier molecular flexibility index (Phi) is 5.30. The molecule has 0 bridgehead atoms. The van der Waals surface area contributed by atoms with E-state index in [0.29, 0.717) is 22.5 Å². The van der Waals surface area contributed by atoms with Gasteiger partial charge in [-0.1, -0.05) is 6.07 Å². The number of rotatable bonds is 5. The number of nitrogens with one attached hydrogen (secondary N) is 1. The number of pyridine rings is 1. The monoisotopic (exact) mass is 369 g/mol. The lowest BCUT2D eigenvalue weighted by molar-refractivity contribution is -0.139. The van der Waals surface area contributed by atoms with Crippen LogP contribution in [0.1, 0.15) is 39.2 Å². The fraction of sp³-hybridized carbons (Fsp3) is 0.350. The number of dihydropyridines is 1. The average molecular weight is 369 g/mol. The molecule has 3 heterocycles. The highest BCUT2D eigenvalue weighted by Crippen LogP contribution is 2.40. The highest BCUT2D eigenvalue weighted by molar-refractivity contribution is 6.00. The number of carbonyl (C=O) groups excluding carboxylic acids is 2. The van der Waals surface area contributed by atoms with Gasteiger partial charge >= 0.3 is 11.9 Å². The number of nitrogens with zero attached hydrogens (tertiary/aromatic N) is 2. The molecule has 0 amide bonds. The van der Waals surface area contributed by atoms with Crippen molar-refractivity contribution in [3.05, 3.63) is 59.0 Å². The van der Waals surface area contributed by atoms with Crippen LogP contribution in [0.4, 0.5) is 0 Å². The Morgan fingerprint density at radius 3 is 2.26 bits per heavy atom. The Balaban J connectivity index is 2.25. The van der Waals surface area contributed by atoms with Crippen molar-refractivity contribution in [2.45, 2.75) is 33.6 Å². The van der Waals surface area contributed by atoms with Crippen LogP contribution in [0.3, 0.4) is 0 Å². The maximum Gasteiger partial charge on any atom is 0.336 e. The molecule has 0 radical (unpaired) electrons. The first-order valence-corrected chi connectivity index (χ1v) is 8.92. The van der Waals surface area contributed by atoms with Gasteiger partial charge in [-0.25, -0.2) is 14.6 Å². The third-order valence-corrected chi connectivity index (χ3v) is 4.55. The van der Waals surface area contributed by atoms with E-state index in [-0.39, 0.29) is 13.2 Å². The van der Waals surface area contributed by atoms with Gasteiger partial charge in [0.1, 0.15) is 0 Å². The number of esters is 2. The number of hydrogen-bond acceptors (Lipinski definition) is 6. The fourth-order valence-corrected chi connectivity index (χ4v) is 3.48. The topological polar surface area (TPSA) is 81.9 Å². The van der Waals surface area contributed by atoms with Gasteiger partial charge in [0, 0.05) is 17.6 Å². The second kappa shape index (κ2) is 7.65. The smallest absolute Gasteiger partial charge is 0.336 e. The van der Waals surface area contributed by atoms with Gasteiger partial charge in [0.15, 0.2) is 0 Å². The van der Waals surface area contributed by atoms with Crippen molar-refractivity contribution in [2.75, 3.05) is 13.2 Å². The molecule has 0 atom stereocenters. The first kappa shape index (κ1) is 18.7. The zero-order valence-electron chi connectivity index (χ0n) is 15.9. The minimum atomic E-state index is -0.607. The Hall–Kier alpha value is -3.09. The number of hydrogen-bond donors (Lipinski definition) is 1. The van der Waals surface area contributed by atoms with Crippen molar-refractivity contribution in [1.29, 1.82) is 0 Å². The number of fused-ring (bicyclic) bond motifs is 1. The summed E-state index contributed by atoms with van der Waals surface area (Å²) in [6.07, 6.45) is 5.27. The third-order valence-electron chi connectivity index (χ3n) is 4.55. The van der Waals surface area contributed by atoms with Gasteiger partial charge in [0.2, 0.25) is 0 Å². The molecule has 7 heteroatoms. The lowest BCUT2D eigenvalue weighted by atomic mass is 9.80. The van der Waals surface area contributed by atoms with Gasteiger partial charge in [0.05, 0.1) is 48.3 Å². The van der Waals surface area contributed by atoms with Gasteiger partial charge in [0.25, 0.3) is 0 Å². The summed E-state index contributed by atoms with van der Waals surface area (Å²) in [7, 11) is 0. The largest absolute Gasteiger partial charge is 0.463 e. The summed E-state index contributed by atoms with van der Waals surface area (Å²) in [5, 5.41) is 3.13. The normalized spacial score (nSPS) is 15.1. The summed E-state index contributed by atoms with van der Waals surface area (Å²) in [5.74, 6) is -1.52. The van der Waals surface area contributed by atoms with Crippen LogP contribution in [0.25, 0.3) is 5.52 Å².